The summed E-state index contributed by atoms with van der Waals surface area (Å²) in [6.07, 6.45) is 3.23. The normalized spacial score (nSPS) is 13.4. The molecule has 0 saturated heterocycles. The lowest BCUT2D eigenvalue weighted by Crippen LogP contribution is -2.44. The maximum atomic E-state index is 12.1. The van der Waals surface area contributed by atoms with Crippen LogP contribution in [0.4, 0.5) is 0 Å². The number of hydrogen-bond acceptors (Lipinski definition) is 5. The van der Waals surface area contributed by atoms with Gasteiger partial charge in [0.2, 0.25) is 5.91 Å². The standard InChI is InChI=1S/C13H19N5OS/c1-8(11(19)17-13(2,3)4)20-12-9-6-16-18(5)10(9)14-7-15-12/h6-8H,1-5H3,(H,17,19). The second kappa shape index (κ2) is 5.40. The third-order valence-electron chi connectivity index (χ3n) is 2.65. The molecule has 108 valence electrons. The third kappa shape index (κ3) is 3.27. The van der Waals surface area contributed by atoms with Gasteiger partial charge >= 0.3 is 0 Å². The minimum absolute atomic E-state index is 0.00171. The Balaban J connectivity index is 2.18. The number of thioether (sulfide) groups is 1. The van der Waals surface area contributed by atoms with Crippen LogP contribution in [0, 0.1) is 0 Å². The second-order valence-corrected chi connectivity index (χ2v) is 7.01. The van der Waals surface area contributed by atoms with E-state index in [0.717, 1.165) is 16.1 Å². The zero-order valence-corrected chi connectivity index (χ0v) is 13.2. The number of nitrogens with one attached hydrogen (secondary N) is 1. The summed E-state index contributed by atoms with van der Waals surface area (Å²) >= 11 is 1.42. The molecule has 1 atom stereocenters. The lowest BCUT2D eigenvalue weighted by molar-refractivity contribution is -0.121. The Kier molecular flexibility index (Phi) is 3.99. The third-order valence-corrected chi connectivity index (χ3v) is 3.76. The van der Waals surface area contributed by atoms with Gasteiger partial charge in [-0.25, -0.2) is 9.97 Å². The Labute approximate surface area is 122 Å². The Bertz CT molecular complexity index is 631. The highest BCUT2D eigenvalue weighted by Crippen LogP contribution is 2.27. The Morgan fingerprint density at radius 2 is 2.10 bits per heavy atom. The highest BCUT2D eigenvalue weighted by molar-refractivity contribution is 8.00. The fraction of sp³-hybridized carbons (Fsp3) is 0.538. The van der Waals surface area contributed by atoms with Crippen molar-refractivity contribution in [2.24, 2.45) is 7.05 Å². The first kappa shape index (κ1) is 14.8. The van der Waals surface area contributed by atoms with Crippen LogP contribution < -0.4 is 5.32 Å². The van der Waals surface area contributed by atoms with Crippen molar-refractivity contribution in [1.29, 1.82) is 0 Å². The van der Waals surface area contributed by atoms with E-state index in [-0.39, 0.29) is 16.7 Å². The summed E-state index contributed by atoms with van der Waals surface area (Å²) in [6.45, 7) is 7.76. The number of aromatic nitrogens is 4. The lowest BCUT2D eigenvalue weighted by Gasteiger charge is -2.22. The largest absolute Gasteiger partial charge is 0.351 e. The molecule has 0 bridgehead atoms. The van der Waals surface area contributed by atoms with Gasteiger partial charge in [0.15, 0.2) is 5.65 Å². The highest BCUT2D eigenvalue weighted by Gasteiger charge is 2.21. The number of fused-ring (bicyclic) bond motifs is 1. The molecule has 20 heavy (non-hydrogen) atoms. The molecular formula is C13H19N5OS. The van der Waals surface area contributed by atoms with Gasteiger partial charge in [-0.05, 0) is 27.7 Å². The van der Waals surface area contributed by atoms with E-state index in [9.17, 15) is 4.79 Å². The average Bonchev–Trinajstić information content (AvgIpc) is 2.70. The van der Waals surface area contributed by atoms with Gasteiger partial charge in [0, 0.05) is 12.6 Å². The topological polar surface area (TPSA) is 72.7 Å². The smallest absolute Gasteiger partial charge is 0.233 e. The number of aryl methyl sites for hydroxylation is 1. The maximum Gasteiger partial charge on any atom is 0.233 e. The molecule has 1 unspecified atom stereocenters. The average molecular weight is 293 g/mol. The zero-order chi connectivity index (χ0) is 14.9. The molecule has 2 aromatic rings. The van der Waals surface area contributed by atoms with Crippen LogP contribution in [-0.2, 0) is 11.8 Å². The number of amides is 1. The Hall–Kier alpha value is -1.63. The van der Waals surface area contributed by atoms with E-state index in [4.69, 9.17) is 0 Å². The molecule has 2 aromatic heterocycles. The quantitative estimate of drug-likeness (QED) is 0.689. The van der Waals surface area contributed by atoms with Crippen LogP contribution in [0.25, 0.3) is 11.0 Å². The van der Waals surface area contributed by atoms with E-state index in [1.54, 1.807) is 10.9 Å². The predicted octanol–water partition coefficient (Wildman–Crippen LogP) is 1.76. The summed E-state index contributed by atoms with van der Waals surface area (Å²) in [7, 11) is 1.83. The molecule has 2 heterocycles. The summed E-state index contributed by atoms with van der Waals surface area (Å²) < 4.78 is 1.70. The van der Waals surface area contributed by atoms with Gasteiger partial charge in [-0.15, -0.1) is 0 Å². The monoisotopic (exact) mass is 293 g/mol. The molecule has 0 spiro atoms. The van der Waals surface area contributed by atoms with Crippen LogP contribution in [0.1, 0.15) is 27.7 Å². The minimum atomic E-state index is -0.235. The van der Waals surface area contributed by atoms with Crippen molar-refractivity contribution < 1.29 is 4.79 Å². The molecule has 0 aromatic carbocycles. The lowest BCUT2D eigenvalue weighted by atomic mass is 10.1. The van der Waals surface area contributed by atoms with Crippen molar-refractivity contribution in [3.05, 3.63) is 12.5 Å². The number of carbonyl (C=O) groups is 1. The fourth-order valence-electron chi connectivity index (χ4n) is 1.73. The van der Waals surface area contributed by atoms with Gasteiger partial charge in [0.25, 0.3) is 0 Å². The number of nitrogens with zero attached hydrogens (tertiary/aromatic N) is 4. The minimum Gasteiger partial charge on any atom is -0.351 e. The van der Waals surface area contributed by atoms with Crippen molar-refractivity contribution >= 4 is 28.7 Å². The first-order chi connectivity index (χ1) is 9.28. The Morgan fingerprint density at radius 3 is 2.75 bits per heavy atom. The number of hydrogen-bond donors (Lipinski definition) is 1. The van der Waals surface area contributed by atoms with Crippen LogP contribution >= 0.6 is 11.8 Å². The molecule has 0 radical (unpaired) electrons. The molecule has 2 rings (SSSR count). The predicted molar refractivity (Wildman–Crippen MR) is 79.5 cm³/mol. The van der Waals surface area contributed by atoms with Crippen LogP contribution in [-0.4, -0.2) is 36.4 Å². The van der Waals surface area contributed by atoms with Gasteiger partial charge < -0.3 is 5.32 Å². The summed E-state index contributed by atoms with van der Waals surface area (Å²) in [5, 5.41) is 8.56. The molecule has 6 nitrogen and oxygen atoms in total. The van der Waals surface area contributed by atoms with Gasteiger partial charge in [0.05, 0.1) is 16.8 Å². The molecule has 1 amide bonds. The first-order valence-corrected chi connectivity index (χ1v) is 7.27. The molecule has 1 N–H and O–H groups in total. The van der Waals surface area contributed by atoms with E-state index in [2.05, 4.69) is 20.4 Å². The van der Waals surface area contributed by atoms with Crippen LogP contribution in [0.15, 0.2) is 17.6 Å². The van der Waals surface area contributed by atoms with Crippen molar-refractivity contribution in [2.75, 3.05) is 0 Å². The maximum absolute atomic E-state index is 12.1. The number of carbonyl (C=O) groups excluding carboxylic acids is 1. The van der Waals surface area contributed by atoms with E-state index in [1.165, 1.54) is 18.1 Å². The molecule has 7 heteroatoms. The first-order valence-electron chi connectivity index (χ1n) is 6.39. The van der Waals surface area contributed by atoms with Gasteiger partial charge in [-0.1, -0.05) is 11.8 Å². The zero-order valence-electron chi connectivity index (χ0n) is 12.3. The van der Waals surface area contributed by atoms with E-state index in [0.29, 0.717) is 0 Å². The molecule has 0 saturated carbocycles. The van der Waals surface area contributed by atoms with Gasteiger partial charge in [-0.2, -0.15) is 5.10 Å². The van der Waals surface area contributed by atoms with Crippen molar-refractivity contribution in [3.8, 4) is 0 Å². The molecule has 0 fully saturated rings. The molecule has 0 aliphatic rings. The van der Waals surface area contributed by atoms with Crippen molar-refractivity contribution in [2.45, 2.75) is 43.5 Å². The fourth-order valence-corrected chi connectivity index (χ4v) is 2.61. The van der Waals surface area contributed by atoms with Crippen LogP contribution in [0.5, 0.6) is 0 Å². The van der Waals surface area contributed by atoms with Crippen molar-refractivity contribution in [1.82, 2.24) is 25.1 Å². The highest BCUT2D eigenvalue weighted by atomic mass is 32.2. The molecule has 0 aliphatic carbocycles. The van der Waals surface area contributed by atoms with Crippen molar-refractivity contribution in [3.63, 3.8) is 0 Å². The van der Waals surface area contributed by atoms with Crippen LogP contribution in [0.3, 0.4) is 0 Å². The summed E-state index contributed by atoms with van der Waals surface area (Å²) in [5.74, 6) is -0.00171. The second-order valence-electron chi connectivity index (χ2n) is 5.68. The summed E-state index contributed by atoms with van der Waals surface area (Å²) in [6, 6.07) is 0. The van der Waals surface area contributed by atoms with E-state index < -0.39 is 0 Å². The number of rotatable bonds is 3. The van der Waals surface area contributed by atoms with Gasteiger partial charge in [0.1, 0.15) is 11.4 Å². The van der Waals surface area contributed by atoms with E-state index >= 15 is 0 Å². The molecular weight excluding hydrogens is 274 g/mol. The van der Waals surface area contributed by atoms with Gasteiger partial charge in [-0.3, -0.25) is 9.48 Å². The Morgan fingerprint density at radius 1 is 1.40 bits per heavy atom. The van der Waals surface area contributed by atoms with E-state index in [1.807, 2.05) is 34.7 Å². The molecule has 0 aliphatic heterocycles. The SMILES string of the molecule is CC(Sc1ncnc2c1cnn2C)C(=O)NC(C)(C)C. The van der Waals surface area contributed by atoms with Crippen LogP contribution in [0.2, 0.25) is 0 Å². The summed E-state index contributed by atoms with van der Waals surface area (Å²) in [4.78, 5) is 20.6. The summed E-state index contributed by atoms with van der Waals surface area (Å²) in [5.41, 5.74) is 0.534.